The molecular weight excluding hydrogens is 252 g/mol. The van der Waals surface area contributed by atoms with Gasteiger partial charge in [0.1, 0.15) is 0 Å². The van der Waals surface area contributed by atoms with Gasteiger partial charge in [-0.1, -0.05) is 31.4 Å². The van der Waals surface area contributed by atoms with Crippen LogP contribution in [-0.4, -0.2) is 28.9 Å². The van der Waals surface area contributed by atoms with Gasteiger partial charge in [-0.25, -0.2) is 0 Å². The number of benzene rings is 1. The molecule has 0 saturated heterocycles. The van der Waals surface area contributed by atoms with Gasteiger partial charge in [0.15, 0.2) is 0 Å². The van der Waals surface area contributed by atoms with Crippen molar-refractivity contribution in [3.63, 3.8) is 0 Å². The Bertz CT molecular complexity index is 417. The highest BCUT2D eigenvalue weighted by Gasteiger charge is 2.28. The Hall–Kier alpha value is -1.10. The average molecular weight is 278 g/mol. The van der Waals surface area contributed by atoms with E-state index in [-0.39, 0.29) is 0 Å². The fourth-order valence-electron chi connectivity index (χ4n) is 2.83. The predicted octanol–water partition coefficient (Wildman–Crippen LogP) is 2.18. The van der Waals surface area contributed by atoms with Gasteiger partial charge in [0, 0.05) is 12.2 Å². The molecule has 112 valence electrons. The van der Waals surface area contributed by atoms with E-state index in [2.05, 4.69) is 5.32 Å². The molecule has 0 bridgehead atoms. The number of nitrogens with one attached hydrogen (secondary N) is 1. The Balaban J connectivity index is 1.94. The summed E-state index contributed by atoms with van der Waals surface area (Å²) < 4.78 is 0. The van der Waals surface area contributed by atoms with Crippen molar-refractivity contribution in [1.29, 1.82) is 0 Å². The molecule has 0 spiro atoms. The first-order valence-electron chi connectivity index (χ1n) is 7.57. The maximum Gasteiger partial charge on any atom is 0.0819 e. The van der Waals surface area contributed by atoms with Gasteiger partial charge in [-0.2, -0.15) is 0 Å². The van der Waals surface area contributed by atoms with Crippen LogP contribution in [0.1, 0.15) is 50.2 Å². The molecule has 4 heteroatoms. The summed E-state index contributed by atoms with van der Waals surface area (Å²) in [6, 6.07) is 7.72. The molecule has 4 nitrogen and oxygen atoms in total. The second-order valence-electron chi connectivity index (χ2n) is 5.86. The third kappa shape index (κ3) is 4.20. The molecule has 1 aliphatic rings. The van der Waals surface area contributed by atoms with Crippen molar-refractivity contribution in [3.8, 4) is 0 Å². The summed E-state index contributed by atoms with van der Waals surface area (Å²) in [6.45, 7) is 1.04. The van der Waals surface area contributed by atoms with Gasteiger partial charge < -0.3 is 21.3 Å². The summed E-state index contributed by atoms with van der Waals surface area (Å²) in [5.74, 6) is 0. The minimum atomic E-state index is -0.579. The lowest BCUT2D eigenvalue weighted by Crippen LogP contribution is -2.38. The zero-order valence-electron chi connectivity index (χ0n) is 12.0. The number of rotatable bonds is 6. The number of nitrogens with two attached hydrogens (primary N) is 1. The van der Waals surface area contributed by atoms with Crippen LogP contribution in [0.2, 0.25) is 0 Å². The van der Waals surface area contributed by atoms with Gasteiger partial charge >= 0.3 is 0 Å². The molecule has 2 rings (SSSR count). The first kappa shape index (κ1) is 15.3. The minimum absolute atomic E-state index is 0.471. The van der Waals surface area contributed by atoms with Crippen molar-refractivity contribution in [2.45, 2.75) is 50.2 Å². The van der Waals surface area contributed by atoms with Crippen molar-refractivity contribution in [3.05, 3.63) is 29.8 Å². The van der Waals surface area contributed by atoms with Crippen LogP contribution in [0.3, 0.4) is 0 Å². The monoisotopic (exact) mass is 278 g/mol. The molecule has 1 saturated carbocycles. The molecule has 20 heavy (non-hydrogen) atoms. The van der Waals surface area contributed by atoms with E-state index in [9.17, 15) is 10.2 Å². The Morgan fingerprint density at radius 3 is 2.70 bits per heavy atom. The summed E-state index contributed by atoms with van der Waals surface area (Å²) >= 11 is 0. The molecule has 1 fully saturated rings. The molecule has 1 aliphatic carbocycles. The largest absolute Gasteiger partial charge is 0.388 e. The standard InChI is InChI=1S/C16H26N2O2/c17-10-7-15(19)13-5-4-6-14(11-13)18-12-16(20)8-2-1-3-9-16/h4-6,11,15,18-20H,1-3,7-10,12,17H2. The molecule has 1 aromatic carbocycles. The van der Waals surface area contributed by atoms with Crippen molar-refractivity contribution >= 4 is 5.69 Å². The van der Waals surface area contributed by atoms with Crippen molar-refractivity contribution in [2.75, 3.05) is 18.4 Å². The zero-order valence-corrected chi connectivity index (χ0v) is 12.0. The Morgan fingerprint density at radius 2 is 2.00 bits per heavy atom. The fraction of sp³-hybridized carbons (Fsp3) is 0.625. The lowest BCUT2D eigenvalue weighted by molar-refractivity contribution is 0.0167. The molecule has 0 aromatic heterocycles. The SMILES string of the molecule is NCCC(O)c1cccc(NCC2(O)CCCCC2)c1. The molecular formula is C16H26N2O2. The molecule has 1 atom stereocenters. The summed E-state index contributed by atoms with van der Waals surface area (Å²) in [4.78, 5) is 0. The van der Waals surface area contributed by atoms with Gasteiger partial charge in [-0.05, 0) is 43.5 Å². The van der Waals surface area contributed by atoms with E-state index in [1.54, 1.807) is 0 Å². The fourth-order valence-corrected chi connectivity index (χ4v) is 2.83. The van der Waals surface area contributed by atoms with Crippen LogP contribution in [0.25, 0.3) is 0 Å². The summed E-state index contributed by atoms with van der Waals surface area (Å²) in [6.07, 6.45) is 5.22. The van der Waals surface area contributed by atoms with E-state index in [1.165, 1.54) is 6.42 Å². The van der Waals surface area contributed by atoms with Gasteiger partial charge in [0.05, 0.1) is 11.7 Å². The van der Waals surface area contributed by atoms with Crippen LogP contribution in [-0.2, 0) is 0 Å². The third-order valence-corrected chi connectivity index (χ3v) is 4.12. The zero-order chi connectivity index (χ0) is 14.4. The van der Waals surface area contributed by atoms with E-state index in [0.717, 1.165) is 36.9 Å². The third-order valence-electron chi connectivity index (χ3n) is 4.12. The summed E-state index contributed by atoms with van der Waals surface area (Å²) in [5.41, 5.74) is 6.70. The van der Waals surface area contributed by atoms with E-state index < -0.39 is 11.7 Å². The van der Waals surface area contributed by atoms with Gasteiger partial charge in [-0.15, -0.1) is 0 Å². The van der Waals surface area contributed by atoms with Crippen molar-refractivity contribution in [1.82, 2.24) is 0 Å². The van der Waals surface area contributed by atoms with Crippen LogP contribution in [0.15, 0.2) is 24.3 Å². The maximum absolute atomic E-state index is 10.5. The Morgan fingerprint density at radius 1 is 1.25 bits per heavy atom. The highest BCUT2D eigenvalue weighted by Crippen LogP contribution is 2.28. The topological polar surface area (TPSA) is 78.5 Å². The number of aliphatic hydroxyl groups is 2. The maximum atomic E-state index is 10.5. The highest BCUT2D eigenvalue weighted by molar-refractivity contribution is 5.46. The Labute approximate surface area is 121 Å². The average Bonchev–Trinajstić information content (AvgIpc) is 2.47. The molecule has 0 heterocycles. The van der Waals surface area contributed by atoms with Crippen LogP contribution in [0.5, 0.6) is 0 Å². The molecule has 5 N–H and O–H groups in total. The summed E-state index contributed by atoms with van der Waals surface area (Å²) in [5, 5.41) is 23.7. The van der Waals surface area contributed by atoms with Crippen LogP contribution >= 0.6 is 0 Å². The van der Waals surface area contributed by atoms with Crippen LogP contribution < -0.4 is 11.1 Å². The first-order valence-corrected chi connectivity index (χ1v) is 7.57. The number of anilines is 1. The molecule has 1 aromatic rings. The predicted molar refractivity (Wildman–Crippen MR) is 81.6 cm³/mol. The van der Waals surface area contributed by atoms with Gasteiger partial charge in [-0.3, -0.25) is 0 Å². The normalized spacial score (nSPS) is 19.6. The lowest BCUT2D eigenvalue weighted by Gasteiger charge is -2.32. The molecule has 0 aliphatic heterocycles. The van der Waals surface area contributed by atoms with Gasteiger partial charge in [0.25, 0.3) is 0 Å². The molecule has 0 radical (unpaired) electrons. The lowest BCUT2D eigenvalue weighted by atomic mass is 9.85. The Kier molecular flexibility index (Phi) is 5.40. The second kappa shape index (κ2) is 7.07. The smallest absolute Gasteiger partial charge is 0.0819 e. The van der Waals surface area contributed by atoms with Crippen LogP contribution in [0.4, 0.5) is 5.69 Å². The quantitative estimate of drug-likeness (QED) is 0.643. The minimum Gasteiger partial charge on any atom is -0.388 e. The van der Waals surface area contributed by atoms with Crippen molar-refractivity contribution in [2.24, 2.45) is 5.73 Å². The van der Waals surface area contributed by atoms with Crippen LogP contribution in [0, 0.1) is 0 Å². The summed E-state index contributed by atoms with van der Waals surface area (Å²) in [7, 11) is 0. The highest BCUT2D eigenvalue weighted by atomic mass is 16.3. The van der Waals surface area contributed by atoms with E-state index in [0.29, 0.717) is 19.5 Å². The van der Waals surface area contributed by atoms with Crippen molar-refractivity contribution < 1.29 is 10.2 Å². The second-order valence-corrected chi connectivity index (χ2v) is 5.86. The van der Waals surface area contributed by atoms with E-state index in [4.69, 9.17) is 5.73 Å². The number of hydrogen-bond acceptors (Lipinski definition) is 4. The molecule has 1 unspecified atom stereocenters. The van der Waals surface area contributed by atoms with Gasteiger partial charge in [0.2, 0.25) is 0 Å². The first-order chi connectivity index (χ1) is 9.63. The number of hydrogen-bond donors (Lipinski definition) is 4. The van der Waals surface area contributed by atoms with E-state index in [1.807, 2.05) is 24.3 Å². The number of aliphatic hydroxyl groups excluding tert-OH is 1. The van der Waals surface area contributed by atoms with E-state index >= 15 is 0 Å². The molecule has 0 amide bonds.